The predicted molar refractivity (Wildman–Crippen MR) is 60.8 cm³/mol. The van der Waals surface area contributed by atoms with Crippen LogP contribution in [-0.4, -0.2) is 29.7 Å². The Hall–Kier alpha value is -0.730. The molecule has 88 valence electrons. The summed E-state index contributed by atoms with van der Waals surface area (Å²) >= 11 is 0. The fraction of sp³-hybridized carbons (Fsp3) is 0.917. The maximum absolute atomic E-state index is 11.7. The zero-order valence-corrected chi connectivity index (χ0v) is 10.4. The van der Waals surface area contributed by atoms with Gasteiger partial charge in [0.1, 0.15) is 5.60 Å². The van der Waals surface area contributed by atoms with Crippen LogP contribution in [0.4, 0.5) is 4.79 Å². The second-order valence-electron chi connectivity index (χ2n) is 5.32. The van der Waals surface area contributed by atoms with Gasteiger partial charge >= 0.3 is 6.09 Å². The molecule has 3 heteroatoms. The van der Waals surface area contributed by atoms with Crippen LogP contribution in [0.1, 0.15) is 47.0 Å². The summed E-state index contributed by atoms with van der Waals surface area (Å²) in [6.07, 6.45) is 3.31. The van der Waals surface area contributed by atoms with Crippen molar-refractivity contribution >= 4 is 6.09 Å². The zero-order valence-electron chi connectivity index (χ0n) is 10.4. The highest BCUT2D eigenvalue weighted by Gasteiger charge is 2.25. The van der Waals surface area contributed by atoms with Gasteiger partial charge in [0.05, 0.1) is 0 Å². The van der Waals surface area contributed by atoms with Crippen molar-refractivity contribution in [2.24, 2.45) is 5.92 Å². The second-order valence-corrected chi connectivity index (χ2v) is 5.32. The molecule has 3 nitrogen and oxygen atoms in total. The van der Waals surface area contributed by atoms with Gasteiger partial charge < -0.3 is 9.64 Å². The number of nitrogens with zero attached hydrogens (tertiary/aromatic N) is 1. The van der Waals surface area contributed by atoms with Gasteiger partial charge in [0.25, 0.3) is 0 Å². The molecule has 0 radical (unpaired) electrons. The lowest BCUT2D eigenvalue weighted by Gasteiger charge is -2.33. The van der Waals surface area contributed by atoms with E-state index in [1.165, 1.54) is 6.42 Å². The highest BCUT2D eigenvalue weighted by atomic mass is 16.6. The predicted octanol–water partition coefficient (Wildman–Crippen LogP) is 3.04. The molecule has 15 heavy (non-hydrogen) atoms. The molecule has 0 aromatic heterocycles. The Morgan fingerprint density at radius 2 is 1.87 bits per heavy atom. The van der Waals surface area contributed by atoms with Crippen molar-refractivity contribution in [3.8, 4) is 0 Å². The molecule has 0 aromatic rings. The molecule has 1 saturated heterocycles. The number of hydrogen-bond acceptors (Lipinski definition) is 2. The molecule has 0 spiro atoms. The normalized spacial score (nSPS) is 19.1. The largest absolute Gasteiger partial charge is 0.444 e. The average molecular weight is 213 g/mol. The monoisotopic (exact) mass is 213 g/mol. The first-order chi connectivity index (χ1) is 6.92. The lowest BCUT2D eigenvalue weighted by Crippen LogP contribution is -2.41. The van der Waals surface area contributed by atoms with Crippen molar-refractivity contribution < 1.29 is 9.53 Å². The second kappa shape index (κ2) is 4.86. The van der Waals surface area contributed by atoms with Gasteiger partial charge in [-0.1, -0.05) is 13.3 Å². The SMILES string of the molecule is CCC1CCN(C(=O)OC(C)(C)C)CC1. The summed E-state index contributed by atoms with van der Waals surface area (Å²) in [6, 6.07) is 0. The highest BCUT2D eigenvalue weighted by molar-refractivity contribution is 5.68. The molecule has 1 heterocycles. The minimum Gasteiger partial charge on any atom is -0.444 e. The summed E-state index contributed by atoms with van der Waals surface area (Å²) in [5.74, 6) is 0.795. The number of rotatable bonds is 1. The summed E-state index contributed by atoms with van der Waals surface area (Å²) in [5.41, 5.74) is -0.376. The summed E-state index contributed by atoms with van der Waals surface area (Å²) in [6.45, 7) is 9.64. The van der Waals surface area contributed by atoms with Gasteiger partial charge in [-0.3, -0.25) is 0 Å². The Kier molecular flexibility index (Phi) is 4.00. The van der Waals surface area contributed by atoms with Crippen LogP contribution in [0, 0.1) is 5.92 Å². The van der Waals surface area contributed by atoms with Gasteiger partial charge in [0.15, 0.2) is 0 Å². The molecule has 0 bridgehead atoms. The number of likely N-dealkylation sites (tertiary alicyclic amines) is 1. The standard InChI is InChI=1S/C12H23NO2/c1-5-10-6-8-13(9-7-10)11(14)15-12(2,3)4/h10H,5-9H2,1-4H3. The van der Waals surface area contributed by atoms with E-state index in [0.29, 0.717) is 0 Å². The maximum Gasteiger partial charge on any atom is 0.410 e. The molecule has 1 amide bonds. The topological polar surface area (TPSA) is 29.5 Å². The number of hydrogen-bond donors (Lipinski definition) is 0. The Balaban J connectivity index is 2.37. The Morgan fingerprint density at radius 3 is 2.27 bits per heavy atom. The molecule has 0 atom stereocenters. The molecule has 0 aromatic carbocycles. The van der Waals surface area contributed by atoms with E-state index in [2.05, 4.69) is 6.92 Å². The third kappa shape index (κ3) is 4.10. The molecule has 1 fully saturated rings. The third-order valence-electron chi connectivity index (χ3n) is 2.84. The molecule has 1 aliphatic rings. The third-order valence-corrected chi connectivity index (χ3v) is 2.84. The Bertz CT molecular complexity index is 212. The highest BCUT2D eigenvalue weighted by Crippen LogP contribution is 2.21. The van der Waals surface area contributed by atoms with Gasteiger partial charge in [-0.25, -0.2) is 4.79 Å². The van der Waals surface area contributed by atoms with Crippen LogP contribution in [0.2, 0.25) is 0 Å². The van der Waals surface area contributed by atoms with Crippen LogP contribution < -0.4 is 0 Å². The Morgan fingerprint density at radius 1 is 1.33 bits per heavy atom. The van der Waals surface area contributed by atoms with Crippen LogP contribution in [0.15, 0.2) is 0 Å². The van der Waals surface area contributed by atoms with E-state index in [4.69, 9.17) is 4.74 Å². The van der Waals surface area contributed by atoms with E-state index in [1.54, 1.807) is 0 Å². The van der Waals surface area contributed by atoms with Crippen LogP contribution in [-0.2, 0) is 4.74 Å². The fourth-order valence-corrected chi connectivity index (χ4v) is 1.85. The average Bonchev–Trinajstić information content (AvgIpc) is 2.15. The van der Waals surface area contributed by atoms with Crippen molar-refractivity contribution in [1.29, 1.82) is 0 Å². The van der Waals surface area contributed by atoms with Crippen LogP contribution in [0.5, 0.6) is 0 Å². The lowest BCUT2D eigenvalue weighted by atomic mass is 9.95. The van der Waals surface area contributed by atoms with Gasteiger partial charge in [-0.05, 0) is 39.5 Å². The first kappa shape index (κ1) is 12.3. The number of carbonyl (C=O) groups excluding carboxylic acids is 1. The number of carbonyl (C=O) groups is 1. The van der Waals surface area contributed by atoms with Crippen molar-refractivity contribution in [2.45, 2.75) is 52.6 Å². The molecule has 0 aliphatic carbocycles. The number of amides is 1. The van der Waals surface area contributed by atoms with E-state index < -0.39 is 0 Å². The molecular weight excluding hydrogens is 190 g/mol. The summed E-state index contributed by atoms with van der Waals surface area (Å²) < 4.78 is 5.33. The molecule has 0 N–H and O–H groups in total. The summed E-state index contributed by atoms with van der Waals surface area (Å²) in [5, 5.41) is 0. The summed E-state index contributed by atoms with van der Waals surface area (Å²) in [7, 11) is 0. The number of piperidine rings is 1. The first-order valence-corrected chi connectivity index (χ1v) is 5.90. The van der Waals surface area contributed by atoms with Crippen LogP contribution in [0.25, 0.3) is 0 Å². The Labute approximate surface area is 92.8 Å². The van der Waals surface area contributed by atoms with Crippen molar-refractivity contribution in [3.63, 3.8) is 0 Å². The zero-order chi connectivity index (χ0) is 11.5. The van der Waals surface area contributed by atoms with Gasteiger partial charge in [0, 0.05) is 13.1 Å². The van der Waals surface area contributed by atoms with Crippen molar-refractivity contribution in [2.75, 3.05) is 13.1 Å². The van der Waals surface area contributed by atoms with E-state index >= 15 is 0 Å². The van der Waals surface area contributed by atoms with Crippen LogP contribution >= 0.6 is 0 Å². The van der Waals surface area contributed by atoms with E-state index in [9.17, 15) is 4.79 Å². The van der Waals surface area contributed by atoms with E-state index in [0.717, 1.165) is 31.8 Å². The first-order valence-electron chi connectivity index (χ1n) is 5.90. The van der Waals surface area contributed by atoms with Crippen molar-refractivity contribution in [3.05, 3.63) is 0 Å². The molecule has 0 saturated carbocycles. The maximum atomic E-state index is 11.7. The minimum absolute atomic E-state index is 0.156. The quantitative estimate of drug-likeness (QED) is 0.670. The molecule has 1 aliphatic heterocycles. The van der Waals surface area contributed by atoms with E-state index in [1.807, 2.05) is 25.7 Å². The molecular formula is C12H23NO2. The number of ether oxygens (including phenoxy) is 1. The minimum atomic E-state index is -0.376. The smallest absolute Gasteiger partial charge is 0.410 e. The summed E-state index contributed by atoms with van der Waals surface area (Å²) in [4.78, 5) is 13.5. The lowest BCUT2D eigenvalue weighted by molar-refractivity contribution is 0.0183. The van der Waals surface area contributed by atoms with Crippen molar-refractivity contribution in [1.82, 2.24) is 4.90 Å². The van der Waals surface area contributed by atoms with Gasteiger partial charge in [-0.15, -0.1) is 0 Å². The molecule has 1 rings (SSSR count). The fourth-order valence-electron chi connectivity index (χ4n) is 1.85. The van der Waals surface area contributed by atoms with Gasteiger partial charge in [-0.2, -0.15) is 0 Å². The van der Waals surface area contributed by atoms with Crippen LogP contribution in [0.3, 0.4) is 0 Å². The van der Waals surface area contributed by atoms with E-state index in [-0.39, 0.29) is 11.7 Å². The van der Waals surface area contributed by atoms with Gasteiger partial charge in [0.2, 0.25) is 0 Å². The molecule has 0 unspecified atom stereocenters.